The molecule has 7 heteroatoms. The molecule has 2 amide bonds. The quantitative estimate of drug-likeness (QED) is 0.484. The molecule has 0 saturated heterocycles. The van der Waals surface area contributed by atoms with E-state index in [2.05, 4.69) is 10.6 Å². The fourth-order valence-corrected chi connectivity index (χ4v) is 3.29. The molecular weight excluding hydrogens is 384 g/mol. The zero-order chi connectivity index (χ0) is 21.9. The van der Waals surface area contributed by atoms with Gasteiger partial charge in [0.05, 0.1) is 25.0 Å². The number of ether oxygens (including phenoxy) is 1. The van der Waals surface area contributed by atoms with Crippen LogP contribution in [-0.4, -0.2) is 48.2 Å². The number of nitrogens with one attached hydrogen (secondary N) is 2. The average molecular weight is 417 g/mol. The maximum absolute atomic E-state index is 12.6. The summed E-state index contributed by atoms with van der Waals surface area (Å²) in [7, 11) is 0. The maximum atomic E-state index is 12.6. The predicted octanol–water partition coefficient (Wildman–Crippen LogP) is 1.75. The van der Waals surface area contributed by atoms with E-state index in [-0.39, 0.29) is 49.3 Å². The highest BCUT2D eigenvalue weighted by molar-refractivity contribution is 5.86. The number of allylic oxidation sites excluding steroid dienone is 2. The minimum absolute atomic E-state index is 0.0299. The number of rotatable bonds is 6. The summed E-state index contributed by atoms with van der Waals surface area (Å²) >= 11 is 0. The summed E-state index contributed by atoms with van der Waals surface area (Å²) in [6.45, 7) is 3.47. The Morgan fingerprint density at radius 1 is 1.20 bits per heavy atom. The minimum atomic E-state index is -0.526. The van der Waals surface area contributed by atoms with E-state index in [4.69, 9.17) is 9.84 Å². The standard InChI is InChI=1S/C23H32N2O5/c1-16(15-26)25-21(27)13-19-10-6-7-11-20(12-18-8-4-3-5-9-18)23(29)30-17(2)14-24-22(19)28/h3-9,16-17,19-20,26H,10-15H2,1-2H3,(H,24,28)(H,25,27)/t16-,17-,19+,20-/m0/s1. The first-order chi connectivity index (χ1) is 14.4. The maximum Gasteiger partial charge on any atom is 0.309 e. The molecule has 0 unspecified atom stereocenters. The lowest BCUT2D eigenvalue weighted by Crippen LogP contribution is -2.41. The monoisotopic (exact) mass is 416 g/mol. The number of benzene rings is 1. The van der Waals surface area contributed by atoms with Crippen molar-refractivity contribution in [2.24, 2.45) is 11.8 Å². The van der Waals surface area contributed by atoms with E-state index >= 15 is 0 Å². The third kappa shape index (κ3) is 7.99. The van der Waals surface area contributed by atoms with Crippen LogP contribution in [0.5, 0.6) is 0 Å². The molecule has 0 saturated carbocycles. The van der Waals surface area contributed by atoms with Gasteiger partial charge in [-0.15, -0.1) is 0 Å². The number of cyclic esters (lactones) is 1. The third-order valence-corrected chi connectivity index (χ3v) is 5.03. The van der Waals surface area contributed by atoms with Gasteiger partial charge in [-0.2, -0.15) is 0 Å². The summed E-state index contributed by atoms with van der Waals surface area (Å²) < 4.78 is 5.55. The Bertz CT molecular complexity index is 734. The molecule has 30 heavy (non-hydrogen) atoms. The average Bonchev–Trinajstić information content (AvgIpc) is 2.73. The number of carbonyl (C=O) groups is 3. The molecule has 0 aliphatic carbocycles. The lowest BCUT2D eigenvalue weighted by atomic mass is 9.94. The number of hydrogen-bond donors (Lipinski definition) is 3. The molecule has 1 heterocycles. The third-order valence-electron chi connectivity index (χ3n) is 5.03. The van der Waals surface area contributed by atoms with Gasteiger partial charge in [0.2, 0.25) is 11.8 Å². The second kappa shape index (κ2) is 12.1. The molecule has 164 valence electrons. The Labute approximate surface area is 177 Å². The highest BCUT2D eigenvalue weighted by Gasteiger charge is 2.25. The van der Waals surface area contributed by atoms with E-state index in [9.17, 15) is 14.4 Å². The second-order valence-electron chi connectivity index (χ2n) is 7.87. The summed E-state index contributed by atoms with van der Waals surface area (Å²) in [6.07, 6.45) is 4.78. The molecular formula is C23H32N2O5. The molecule has 7 nitrogen and oxygen atoms in total. The van der Waals surface area contributed by atoms with E-state index < -0.39 is 12.0 Å². The molecule has 1 aliphatic rings. The van der Waals surface area contributed by atoms with Crippen molar-refractivity contribution in [2.45, 2.75) is 51.7 Å². The summed E-state index contributed by atoms with van der Waals surface area (Å²) in [4.78, 5) is 37.3. The van der Waals surface area contributed by atoms with Crippen LogP contribution in [0.15, 0.2) is 42.5 Å². The van der Waals surface area contributed by atoms with E-state index in [0.29, 0.717) is 19.3 Å². The molecule has 1 aromatic carbocycles. The molecule has 1 aliphatic heterocycles. The first kappa shape index (κ1) is 23.6. The van der Waals surface area contributed by atoms with Crippen molar-refractivity contribution >= 4 is 17.8 Å². The van der Waals surface area contributed by atoms with E-state index in [1.807, 2.05) is 42.5 Å². The van der Waals surface area contributed by atoms with E-state index in [1.165, 1.54) is 0 Å². The molecule has 0 radical (unpaired) electrons. The molecule has 1 aromatic rings. The number of amides is 2. The van der Waals surface area contributed by atoms with Gasteiger partial charge in [-0.25, -0.2) is 0 Å². The van der Waals surface area contributed by atoms with Crippen LogP contribution in [-0.2, 0) is 25.5 Å². The largest absolute Gasteiger partial charge is 0.461 e. The van der Waals surface area contributed by atoms with Crippen LogP contribution < -0.4 is 10.6 Å². The highest BCUT2D eigenvalue weighted by atomic mass is 16.5. The first-order valence-electron chi connectivity index (χ1n) is 10.5. The van der Waals surface area contributed by atoms with Crippen molar-refractivity contribution in [1.29, 1.82) is 0 Å². The lowest BCUT2D eigenvalue weighted by Gasteiger charge is -2.22. The molecule has 0 spiro atoms. The van der Waals surface area contributed by atoms with Crippen molar-refractivity contribution in [1.82, 2.24) is 10.6 Å². The van der Waals surface area contributed by atoms with Gasteiger partial charge in [0.1, 0.15) is 6.10 Å². The van der Waals surface area contributed by atoms with Crippen molar-refractivity contribution in [3.8, 4) is 0 Å². The first-order valence-corrected chi connectivity index (χ1v) is 10.5. The Morgan fingerprint density at radius 3 is 2.53 bits per heavy atom. The van der Waals surface area contributed by atoms with Gasteiger partial charge >= 0.3 is 5.97 Å². The molecule has 2 rings (SSSR count). The summed E-state index contributed by atoms with van der Waals surface area (Å²) in [6, 6.07) is 9.43. The molecule has 0 aromatic heterocycles. The van der Waals surface area contributed by atoms with Crippen LogP contribution in [0.4, 0.5) is 0 Å². The number of hydrogen-bond acceptors (Lipinski definition) is 5. The smallest absolute Gasteiger partial charge is 0.309 e. The topological polar surface area (TPSA) is 105 Å². The van der Waals surface area contributed by atoms with Crippen LogP contribution in [0.1, 0.15) is 38.7 Å². The van der Waals surface area contributed by atoms with Crippen molar-refractivity contribution in [3.05, 3.63) is 48.0 Å². The molecule has 0 bridgehead atoms. The SMILES string of the molecule is C[C@@H](CO)NC(=O)C[C@H]1CC=CC[C@@H](Cc2ccccc2)C(=O)O[C@@H](C)CNC1=O. The Hall–Kier alpha value is -2.67. The minimum Gasteiger partial charge on any atom is -0.461 e. The van der Waals surface area contributed by atoms with Gasteiger partial charge < -0.3 is 20.5 Å². The number of aliphatic hydroxyl groups is 1. The summed E-state index contributed by atoms with van der Waals surface area (Å²) in [5, 5.41) is 14.5. The molecule has 3 N–H and O–H groups in total. The zero-order valence-electron chi connectivity index (χ0n) is 17.7. The Morgan fingerprint density at radius 2 is 1.87 bits per heavy atom. The van der Waals surface area contributed by atoms with Gasteiger partial charge in [0.25, 0.3) is 0 Å². The van der Waals surface area contributed by atoms with Gasteiger partial charge in [0.15, 0.2) is 0 Å². The van der Waals surface area contributed by atoms with Crippen LogP contribution in [0.25, 0.3) is 0 Å². The highest BCUT2D eigenvalue weighted by Crippen LogP contribution is 2.18. The lowest BCUT2D eigenvalue weighted by molar-refractivity contribution is -0.153. The van der Waals surface area contributed by atoms with E-state index in [1.54, 1.807) is 13.8 Å². The van der Waals surface area contributed by atoms with E-state index in [0.717, 1.165) is 5.56 Å². The van der Waals surface area contributed by atoms with Gasteiger partial charge in [-0.1, -0.05) is 42.5 Å². The Balaban J connectivity index is 2.08. The van der Waals surface area contributed by atoms with Crippen LogP contribution in [0.3, 0.4) is 0 Å². The van der Waals surface area contributed by atoms with Gasteiger partial charge in [-0.05, 0) is 38.7 Å². The zero-order valence-corrected chi connectivity index (χ0v) is 17.7. The molecule has 4 atom stereocenters. The van der Waals surface area contributed by atoms with Crippen molar-refractivity contribution in [3.63, 3.8) is 0 Å². The van der Waals surface area contributed by atoms with Gasteiger partial charge in [-0.3, -0.25) is 14.4 Å². The van der Waals surface area contributed by atoms with Crippen LogP contribution in [0.2, 0.25) is 0 Å². The van der Waals surface area contributed by atoms with Crippen LogP contribution >= 0.6 is 0 Å². The van der Waals surface area contributed by atoms with Crippen LogP contribution in [0, 0.1) is 11.8 Å². The fourth-order valence-electron chi connectivity index (χ4n) is 3.29. The number of aliphatic hydroxyl groups excluding tert-OH is 1. The van der Waals surface area contributed by atoms with Crippen molar-refractivity contribution < 1.29 is 24.2 Å². The fraction of sp³-hybridized carbons (Fsp3) is 0.522. The van der Waals surface area contributed by atoms with Gasteiger partial charge in [0, 0.05) is 12.5 Å². The number of carbonyl (C=O) groups excluding carboxylic acids is 3. The normalized spacial score (nSPS) is 24.0. The second-order valence-corrected chi connectivity index (χ2v) is 7.87. The summed E-state index contributed by atoms with van der Waals surface area (Å²) in [5.74, 6) is -1.65. The predicted molar refractivity (Wildman–Crippen MR) is 113 cm³/mol. The summed E-state index contributed by atoms with van der Waals surface area (Å²) in [5.41, 5.74) is 1.06. The number of esters is 1. The van der Waals surface area contributed by atoms with Crippen molar-refractivity contribution in [2.75, 3.05) is 13.2 Å². The molecule has 0 fully saturated rings. The Kier molecular flexibility index (Phi) is 9.54.